The van der Waals surface area contributed by atoms with Gasteiger partial charge in [0, 0.05) is 0 Å². The number of halogens is 2. The first-order valence-electron chi connectivity index (χ1n) is 7.33. The summed E-state index contributed by atoms with van der Waals surface area (Å²) in [7, 11) is 0. The Morgan fingerprint density at radius 1 is 0.455 bits per heavy atom. The van der Waals surface area contributed by atoms with Crippen LogP contribution in [0.2, 0.25) is 0 Å². The largest absolute Gasteiger partial charge is 0.0823 e. The van der Waals surface area contributed by atoms with Gasteiger partial charge in [-0.15, -0.1) is 0 Å². The summed E-state index contributed by atoms with van der Waals surface area (Å²) in [5, 5.41) is 0. The van der Waals surface area contributed by atoms with Gasteiger partial charge in [0.15, 0.2) is 0 Å². The maximum absolute atomic E-state index is 3.91. The molecular formula is C20H14Br2. The molecule has 0 amide bonds. The Morgan fingerprint density at radius 3 is 1.18 bits per heavy atom. The molecule has 2 atom stereocenters. The summed E-state index contributed by atoms with van der Waals surface area (Å²) >= 11 is 7.82. The molecule has 0 unspecified atom stereocenters. The van der Waals surface area contributed by atoms with Gasteiger partial charge in [0.2, 0.25) is 0 Å². The molecule has 0 saturated carbocycles. The van der Waals surface area contributed by atoms with Crippen molar-refractivity contribution in [3.05, 3.63) is 83.9 Å². The summed E-state index contributed by atoms with van der Waals surface area (Å²) in [6, 6.07) is 26.0. The van der Waals surface area contributed by atoms with Crippen LogP contribution in [-0.2, 0) is 0 Å². The number of fused-ring (bicyclic) bond motifs is 5. The molecule has 0 N–H and O–H groups in total. The minimum Gasteiger partial charge on any atom is -0.0823 e. The molecule has 4 rings (SSSR count). The Hall–Kier alpha value is -1.38. The fourth-order valence-corrected chi connectivity index (χ4v) is 4.60. The van der Waals surface area contributed by atoms with Crippen molar-refractivity contribution < 1.29 is 0 Å². The molecule has 0 heterocycles. The van der Waals surface area contributed by atoms with Gasteiger partial charge in [-0.2, -0.15) is 0 Å². The minimum absolute atomic E-state index is 0.234. The average molecular weight is 414 g/mol. The third kappa shape index (κ3) is 2.17. The van der Waals surface area contributed by atoms with Crippen molar-refractivity contribution >= 4 is 31.9 Å². The van der Waals surface area contributed by atoms with Crippen molar-refractivity contribution in [3.63, 3.8) is 0 Å². The van der Waals surface area contributed by atoms with E-state index in [-0.39, 0.29) is 9.65 Å². The third-order valence-corrected chi connectivity index (χ3v) is 7.03. The molecule has 0 saturated heterocycles. The maximum Gasteiger partial charge on any atom is 0.0567 e. The molecule has 2 heteroatoms. The Kier molecular flexibility index (Phi) is 3.67. The lowest BCUT2D eigenvalue weighted by Gasteiger charge is -2.27. The molecule has 0 radical (unpaired) electrons. The van der Waals surface area contributed by atoms with Gasteiger partial charge in [0.05, 0.1) is 9.65 Å². The fourth-order valence-electron chi connectivity index (χ4n) is 3.23. The number of hydrogen-bond acceptors (Lipinski definition) is 0. The van der Waals surface area contributed by atoms with Gasteiger partial charge in [-0.25, -0.2) is 0 Å². The Bertz CT molecular complexity index is 768. The number of hydrogen-bond donors (Lipinski definition) is 0. The molecule has 0 spiro atoms. The van der Waals surface area contributed by atoms with E-state index in [0.717, 1.165) is 0 Å². The fraction of sp³-hybridized carbons (Fsp3) is 0.100. The van der Waals surface area contributed by atoms with Crippen LogP contribution in [0.4, 0.5) is 0 Å². The molecule has 1 aliphatic rings. The zero-order valence-corrected chi connectivity index (χ0v) is 15.0. The van der Waals surface area contributed by atoms with Crippen LogP contribution in [0.15, 0.2) is 72.8 Å². The molecule has 108 valence electrons. The molecule has 3 aromatic rings. The molecule has 0 fully saturated rings. The van der Waals surface area contributed by atoms with Crippen LogP contribution >= 0.6 is 31.9 Å². The first kappa shape index (κ1) is 14.2. The first-order chi connectivity index (χ1) is 10.8. The van der Waals surface area contributed by atoms with Crippen LogP contribution in [0.5, 0.6) is 0 Å². The monoisotopic (exact) mass is 412 g/mol. The lowest BCUT2D eigenvalue weighted by Crippen LogP contribution is -2.06. The van der Waals surface area contributed by atoms with Crippen molar-refractivity contribution in [1.82, 2.24) is 0 Å². The predicted octanol–water partition coefficient (Wildman–Crippen LogP) is 6.91. The molecule has 0 aromatic heterocycles. The van der Waals surface area contributed by atoms with E-state index in [9.17, 15) is 0 Å². The lowest BCUT2D eigenvalue weighted by molar-refractivity contribution is 0.938. The van der Waals surface area contributed by atoms with Crippen molar-refractivity contribution in [2.24, 2.45) is 0 Å². The van der Waals surface area contributed by atoms with E-state index in [1.807, 2.05) is 0 Å². The summed E-state index contributed by atoms with van der Waals surface area (Å²) in [5.74, 6) is 0. The summed E-state index contributed by atoms with van der Waals surface area (Å²) in [6.07, 6.45) is 0. The van der Waals surface area contributed by atoms with Crippen molar-refractivity contribution in [2.45, 2.75) is 9.65 Å². The zero-order valence-electron chi connectivity index (χ0n) is 11.8. The summed E-state index contributed by atoms with van der Waals surface area (Å²) in [6.45, 7) is 0. The maximum atomic E-state index is 3.91. The highest BCUT2D eigenvalue weighted by atomic mass is 79.9. The molecule has 0 nitrogen and oxygen atoms in total. The van der Waals surface area contributed by atoms with E-state index in [4.69, 9.17) is 0 Å². The van der Waals surface area contributed by atoms with Crippen LogP contribution in [0.1, 0.15) is 20.8 Å². The van der Waals surface area contributed by atoms with Crippen LogP contribution in [-0.4, -0.2) is 0 Å². The second kappa shape index (κ2) is 5.68. The Balaban J connectivity index is 2.13. The van der Waals surface area contributed by atoms with Gasteiger partial charge in [0.1, 0.15) is 0 Å². The van der Waals surface area contributed by atoms with Gasteiger partial charge in [-0.1, -0.05) is 105 Å². The lowest BCUT2D eigenvalue weighted by atomic mass is 9.84. The number of rotatable bonds is 0. The second-order valence-electron chi connectivity index (χ2n) is 5.52. The van der Waals surface area contributed by atoms with E-state index in [2.05, 4.69) is 105 Å². The summed E-state index contributed by atoms with van der Waals surface area (Å²) in [5.41, 5.74) is 7.86. The Morgan fingerprint density at radius 2 is 0.773 bits per heavy atom. The van der Waals surface area contributed by atoms with Crippen molar-refractivity contribution in [3.8, 4) is 22.3 Å². The van der Waals surface area contributed by atoms with Crippen LogP contribution in [0.25, 0.3) is 22.3 Å². The molecule has 3 aromatic carbocycles. The Labute approximate surface area is 147 Å². The van der Waals surface area contributed by atoms with E-state index in [0.29, 0.717) is 0 Å². The molecule has 1 aliphatic carbocycles. The van der Waals surface area contributed by atoms with Crippen molar-refractivity contribution in [1.29, 1.82) is 0 Å². The van der Waals surface area contributed by atoms with E-state index < -0.39 is 0 Å². The smallest absolute Gasteiger partial charge is 0.0567 e. The number of benzene rings is 3. The van der Waals surface area contributed by atoms with Crippen LogP contribution in [0, 0.1) is 0 Å². The second-order valence-corrected chi connectivity index (χ2v) is 7.50. The summed E-state index contributed by atoms with van der Waals surface area (Å²) in [4.78, 5) is 0.469. The SMILES string of the molecule is Br[C@H]1c2ccccc2-c2ccccc2-c2ccccc2[C@@H]1Br. The highest BCUT2D eigenvalue weighted by Crippen LogP contribution is 2.51. The highest BCUT2D eigenvalue weighted by Gasteiger charge is 2.28. The molecule has 0 aliphatic heterocycles. The molecule has 0 bridgehead atoms. The topological polar surface area (TPSA) is 0 Å². The van der Waals surface area contributed by atoms with Gasteiger partial charge in [-0.05, 0) is 33.4 Å². The minimum atomic E-state index is 0.234. The van der Waals surface area contributed by atoms with Gasteiger partial charge < -0.3 is 0 Å². The third-order valence-electron chi connectivity index (χ3n) is 4.28. The summed E-state index contributed by atoms with van der Waals surface area (Å²) < 4.78 is 0. The standard InChI is InChI=1S/C20H14Br2/c21-19-17-11-5-3-9-15(17)13-7-1-2-8-14(13)16-10-4-6-12-18(16)20(19)22/h1-12,19-20H/t19-,20-/m0/s1. The van der Waals surface area contributed by atoms with E-state index >= 15 is 0 Å². The quantitative estimate of drug-likeness (QED) is 0.351. The van der Waals surface area contributed by atoms with E-state index in [1.165, 1.54) is 33.4 Å². The van der Waals surface area contributed by atoms with Gasteiger partial charge >= 0.3 is 0 Å². The molecular weight excluding hydrogens is 400 g/mol. The zero-order chi connectivity index (χ0) is 15.1. The van der Waals surface area contributed by atoms with Crippen molar-refractivity contribution in [2.75, 3.05) is 0 Å². The average Bonchev–Trinajstić information content (AvgIpc) is 2.60. The predicted molar refractivity (Wildman–Crippen MR) is 101 cm³/mol. The highest BCUT2D eigenvalue weighted by molar-refractivity contribution is 9.12. The van der Waals surface area contributed by atoms with Crippen LogP contribution < -0.4 is 0 Å². The van der Waals surface area contributed by atoms with Gasteiger partial charge in [0.25, 0.3) is 0 Å². The van der Waals surface area contributed by atoms with Gasteiger partial charge in [-0.3, -0.25) is 0 Å². The van der Waals surface area contributed by atoms with Crippen LogP contribution in [0.3, 0.4) is 0 Å². The first-order valence-corrected chi connectivity index (χ1v) is 9.16. The molecule has 22 heavy (non-hydrogen) atoms. The number of alkyl halides is 2. The normalized spacial score (nSPS) is 19.4. The van der Waals surface area contributed by atoms with E-state index in [1.54, 1.807) is 0 Å².